The summed E-state index contributed by atoms with van der Waals surface area (Å²) in [6.07, 6.45) is -3.31. The summed E-state index contributed by atoms with van der Waals surface area (Å²) in [6.45, 7) is 1.88. The fourth-order valence-electron chi connectivity index (χ4n) is 2.30. The lowest BCUT2D eigenvalue weighted by molar-refractivity contribution is -0.141. The number of anilines is 1. The molecular weight excluding hydrogens is 371 g/mol. The van der Waals surface area contributed by atoms with Crippen molar-refractivity contribution >= 4 is 17.4 Å². The lowest BCUT2D eigenvalue weighted by Gasteiger charge is -2.09. The molecule has 0 radical (unpaired) electrons. The minimum absolute atomic E-state index is 0.00438. The van der Waals surface area contributed by atoms with Crippen LogP contribution in [0.25, 0.3) is 5.69 Å². The fraction of sp³-hybridized carbons (Fsp3) is 0.188. The molecule has 0 spiro atoms. The molecule has 0 unspecified atom stereocenters. The van der Waals surface area contributed by atoms with Crippen molar-refractivity contribution in [3.05, 3.63) is 58.8 Å². The molecule has 0 atom stereocenters. The van der Waals surface area contributed by atoms with Crippen LogP contribution in [0.5, 0.6) is 5.75 Å². The lowest BCUT2D eigenvalue weighted by Crippen LogP contribution is -2.07. The van der Waals surface area contributed by atoms with Gasteiger partial charge in [-0.2, -0.15) is 23.3 Å². The number of alkyl halides is 3. The molecule has 6 nitrogen and oxygen atoms in total. The zero-order chi connectivity index (χ0) is 18.9. The average Bonchev–Trinajstić information content (AvgIpc) is 2.98. The van der Waals surface area contributed by atoms with Gasteiger partial charge >= 0.3 is 6.18 Å². The molecule has 10 heteroatoms. The first-order chi connectivity index (χ1) is 12.2. The topological polar surface area (TPSA) is 75.9 Å². The molecule has 0 bridgehead atoms. The summed E-state index contributed by atoms with van der Waals surface area (Å²) < 4.78 is 39.5. The van der Waals surface area contributed by atoms with Crippen LogP contribution in [0.15, 0.2) is 36.5 Å². The first kappa shape index (κ1) is 18.0. The predicted molar refractivity (Wildman–Crippen MR) is 89.3 cm³/mol. The lowest BCUT2D eigenvalue weighted by atomic mass is 10.2. The Kier molecular flexibility index (Phi) is 4.73. The molecule has 3 rings (SSSR count). The number of nitrogens with zero attached hydrogens (tertiary/aromatic N) is 4. The van der Waals surface area contributed by atoms with Crippen molar-refractivity contribution in [2.75, 3.05) is 5.32 Å². The highest BCUT2D eigenvalue weighted by molar-refractivity contribution is 6.28. The van der Waals surface area contributed by atoms with Gasteiger partial charge in [0.1, 0.15) is 0 Å². The molecule has 2 aromatic heterocycles. The third-order valence-electron chi connectivity index (χ3n) is 3.56. The van der Waals surface area contributed by atoms with Crippen molar-refractivity contribution in [1.29, 1.82) is 0 Å². The summed E-state index contributed by atoms with van der Waals surface area (Å²) in [5.74, 6) is 0.0460. The van der Waals surface area contributed by atoms with E-state index in [1.54, 1.807) is 31.2 Å². The number of hydrogen-bond donors (Lipinski definition) is 2. The molecule has 0 saturated heterocycles. The van der Waals surface area contributed by atoms with E-state index in [2.05, 4.69) is 20.4 Å². The molecule has 0 amide bonds. The number of benzene rings is 1. The Labute approximate surface area is 151 Å². The van der Waals surface area contributed by atoms with Gasteiger partial charge in [-0.25, -0.2) is 9.67 Å². The van der Waals surface area contributed by atoms with Crippen LogP contribution >= 0.6 is 11.6 Å². The van der Waals surface area contributed by atoms with Crippen LogP contribution in [0, 0.1) is 6.92 Å². The van der Waals surface area contributed by atoms with E-state index in [0.29, 0.717) is 17.9 Å². The number of nitrogens with one attached hydrogen (secondary N) is 1. The zero-order valence-corrected chi connectivity index (χ0v) is 14.2. The molecule has 0 aliphatic carbocycles. The Balaban J connectivity index is 1.75. The molecule has 0 aliphatic rings. The molecule has 26 heavy (non-hydrogen) atoms. The molecule has 1 aromatic carbocycles. The maximum absolute atomic E-state index is 12.8. The summed E-state index contributed by atoms with van der Waals surface area (Å²) in [4.78, 5) is 7.50. The maximum Gasteiger partial charge on any atom is 0.435 e. The van der Waals surface area contributed by atoms with E-state index in [1.165, 1.54) is 10.9 Å². The first-order valence-electron chi connectivity index (χ1n) is 7.42. The molecule has 136 valence electrons. The van der Waals surface area contributed by atoms with Crippen LogP contribution in [-0.4, -0.2) is 24.9 Å². The second kappa shape index (κ2) is 6.83. The third kappa shape index (κ3) is 3.88. The van der Waals surface area contributed by atoms with Crippen LogP contribution in [0.2, 0.25) is 5.28 Å². The van der Waals surface area contributed by atoms with Crippen LogP contribution in [0.4, 0.5) is 19.0 Å². The van der Waals surface area contributed by atoms with E-state index >= 15 is 0 Å². The van der Waals surface area contributed by atoms with Gasteiger partial charge in [0.15, 0.2) is 17.3 Å². The number of halogens is 4. The smallest absolute Gasteiger partial charge is 0.435 e. The normalized spacial score (nSPS) is 11.6. The minimum Gasteiger partial charge on any atom is -0.503 e. The monoisotopic (exact) mass is 383 g/mol. The van der Waals surface area contributed by atoms with Gasteiger partial charge in [0.25, 0.3) is 0 Å². The second-order valence-electron chi connectivity index (χ2n) is 5.47. The Morgan fingerprint density at radius 3 is 2.54 bits per heavy atom. The molecule has 0 fully saturated rings. The van der Waals surface area contributed by atoms with Gasteiger partial charge in [-0.15, -0.1) is 0 Å². The van der Waals surface area contributed by atoms with E-state index < -0.39 is 11.9 Å². The van der Waals surface area contributed by atoms with Crippen molar-refractivity contribution in [1.82, 2.24) is 19.7 Å². The highest BCUT2D eigenvalue weighted by Crippen LogP contribution is 2.29. The number of aromatic nitrogens is 4. The number of rotatable bonds is 4. The zero-order valence-electron chi connectivity index (χ0n) is 13.4. The van der Waals surface area contributed by atoms with E-state index in [4.69, 9.17) is 11.6 Å². The van der Waals surface area contributed by atoms with Crippen LogP contribution < -0.4 is 5.32 Å². The van der Waals surface area contributed by atoms with Crippen LogP contribution in [-0.2, 0) is 12.7 Å². The van der Waals surface area contributed by atoms with Crippen molar-refractivity contribution in [3.8, 4) is 11.4 Å². The summed E-state index contributed by atoms with van der Waals surface area (Å²) >= 11 is 5.67. The van der Waals surface area contributed by atoms with Gasteiger partial charge < -0.3 is 10.4 Å². The van der Waals surface area contributed by atoms with Crippen molar-refractivity contribution in [2.45, 2.75) is 19.6 Å². The van der Waals surface area contributed by atoms with E-state index in [1.807, 2.05) is 0 Å². The fourth-order valence-corrected chi connectivity index (χ4v) is 2.43. The molecule has 3 aromatic rings. The molecule has 0 saturated carbocycles. The Morgan fingerprint density at radius 1 is 1.23 bits per heavy atom. The third-order valence-corrected chi connectivity index (χ3v) is 3.74. The largest absolute Gasteiger partial charge is 0.503 e. The Bertz CT molecular complexity index is 925. The van der Waals surface area contributed by atoms with Crippen molar-refractivity contribution < 1.29 is 18.3 Å². The van der Waals surface area contributed by atoms with Crippen LogP contribution in [0.1, 0.15) is 17.0 Å². The molecule has 2 heterocycles. The van der Waals surface area contributed by atoms with Crippen molar-refractivity contribution in [3.63, 3.8) is 0 Å². The standard InChI is InChI=1S/C16H13ClF3N5O/c1-9-6-13(16(18,19)20)24-25(9)11-4-2-10(3-5-11)7-21-14-12(26)8-22-15(17)23-14/h2-6,8,26H,7H2,1H3,(H,21,22,23). The van der Waals surface area contributed by atoms with E-state index in [-0.39, 0.29) is 16.9 Å². The first-order valence-corrected chi connectivity index (χ1v) is 7.80. The summed E-state index contributed by atoms with van der Waals surface area (Å²) in [6, 6.07) is 7.78. The Hall–Kier alpha value is -2.81. The summed E-state index contributed by atoms with van der Waals surface area (Å²) in [7, 11) is 0. The van der Waals surface area contributed by atoms with Gasteiger partial charge in [0.05, 0.1) is 11.9 Å². The van der Waals surface area contributed by atoms with Gasteiger partial charge in [-0.1, -0.05) is 12.1 Å². The van der Waals surface area contributed by atoms with Gasteiger partial charge in [0.2, 0.25) is 5.28 Å². The van der Waals surface area contributed by atoms with E-state index in [9.17, 15) is 18.3 Å². The van der Waals surface area contributed by atoms with Crippen molar-refractivity contribution in [2.24, 2.45) is 0 Å². The summed E-state index contributed by atoms with van der Waals surface area (Å²) in [5, 5.41) is 16.2. The highest BCUT2D eigenvalue weighted by Gasteiger charge is 2.34. The van der Waals surface area contributed by atoms with Gasteiger partial charge in [0, 0.05) is 12.2 Å². The molecular formula is C16H13ClF3N5O. The minimum atomic E-state index is -4.49. The predicted octanol–water partition coefficient (Wildman–Crippen LogP) is 3.96. The molecule has 0 aliphatic heterocycles. The quantitative estimate of drug-likeness (QED) is 0.667. The number of aryl methyl sites for hydroxylation is 1. The maximum atomic E-state index is 12.8. The van der Waals surface area contributed by atoms with Gasteiger partial charge in [-0.3, -0.25) is 0 Å². The SMILES string of the molecule is Cc1cc(C(F)(F)F)nn1-c1ccc(CNc2nc(Cl)ncc2O)cc1. The van der Waals surface area contributed by atoms with E-state index in [0.717, 1.165) is 11.6 Å². The number of hydrogen-bond acceptors (Lipinski definition) is 5. The Morgan fingerprint density at radius 2 is 1.92 bits per heavy atom. The molecule has 2 N–H and O–H groups in total. The number of aromatic hydroxyl groups is 1. The average molecular weight is 384 g/mol. The highest BCUT2D eigenvalue weighted by atomic mass is 35.5. The summed E-state index contributed by atoms with van der Waals surface area (Å²) in [5.41, 5.74) is 0.777. The van der Waals surface area contributed by atoms with Crippen LogP contribution in [0.3, 0.4) is 0 Å². The van der Waals surface area contributed by atoms with Gasteiger partial charge in [-0.05, 0) is 42.3 Å². The second-order valence-corrected chi connectivity index (χ2v) is 5.81.